The average Bonchev–Trinajstić information content (AvgIpc) is 3.37. The zero-order valence-corrected chi connectivity index (χ0v) is 19.7. The number of carbonyl (C=O) groups is 1. The molecule has 0 amide bonds. The highest BCUT2D eigenvalue weighted by molar-refractivity contribution is 6.15. The third kappa shape index (κ3) is 4.05. The van der Waals surface area contributed by atoms with Gasteiger partial charge < -0.3 is 9.30 Å². The van der Waals surface area contributed by atoms with E-state index in [0.29, 0.717) is 5.56 Å². The maximum Gasteiger partial charge on any atom is 0.339 e. The highest BCUT2D eigenvalue weighted by atomic mass is 16.5. The van der Waals surface area contributed by atoms with Gasteiger partial charge in [-0.2, -0.15) is 0 Å². The van der Waals surface area contributed by atoms with Crippen LogP contribution in [0, 0.1) is 0 Å². The number of hydrogen-bond acceptors (Lipinski definition) is 2. The van der Waals surface area contributed by atoms with Crippen molar-refractivity contribution in [2.24, 2.45) is 0 Å². The van der Waals surface area contributed by atoms with E-state index in [1.54, 1.807) is 0 Å². The highest BCUT2D eigenvalue weighted by Crippen LogP contribution is 2.35. The van der Waals surface area contributed by atoms with E-state index in [1.807, 2.05) is 66.7 Å². The summed E-state index contributed by atoms with van der Waals surface area (Å²) in [5.41, 5.74) is 4.91. The van der Waals surface area contributed by atoms with Gasteiger partial charge >= 0.3 is 5.97 Å². The summed E-state index contributed by atoms with van der Waals surface area (Å²) in [5, 5.41) is 3.05. The van der Waals surface area contributed by atoms with Crippen LogP contribution >= 0.6 is 0 Å². The Labute approximate surface area is 210 Å². The first-order chi connectivity index (χ1) is 17.8. The summed E-state index contributed by atoms with van der Waals surface area (Å²) in [6.45, 7) is 0.240. The summed E-state index contributed by atoms with van der Waals surface area (Å²) in [6, 6.07) is 42.9. The van der Waals surface area contributed by atoms with Crippen LogP contribution in [0.4, 0.5) is 0 Å². The van der Waals surface area contributed by atoms with Gasteiger partial charge in [-0.05, 0) is 39.6 Å². The molecular formula is C33H25NO2. The summed E-state index contributed by atoms with van der Waals surface area (Å²) < 4.78 is 8.03. The van der Waals surface area contributed by atoms with Crippen molar-refractivity contribution in [3.63, 3.8) is 0 Å². The Balaban J connectivity index is 1.51. The van der Waals surface area contributed by atoms with E-state index in [-0.39, 0.29) is 18.6 Å². The molecule has 0 spiro atoms. The first-order valence-corrected chi connectivity index (χ1v) is 12.1. The van der Waals surface area contributed by atoms with E-state index in [4.69, 9.17) is 4.74 Å². The SMILES string of the molecule is O=C(OCc1ccccc1)c1cc2c(ccn2C(c2ccccc2)c2ccccc2)c2ccccc12. The van der Waals surface area contributed by atoms with Crippen molar-refractivity contribution in [3.8, 4) is 0 Å². The number of benzene rings is 5. The zero-order valence-electron chi connectivity index (χ0n) is 19.7. The quantitative estimate of drug-likeness (QED) is 0.234. The number of nitrogens with zero attached hydrogens (tertiary/aromatic N) is 1. The lowest BCUT2D eigenvalue weighted by molar-refractivity contribution is 0.0475. The van der Waals surface area contributed by atoms with Crippen molar-refractivity contribution >= 4 is 27.6 Å². The summed E-state index contributed by atoms with van der Waals surface area (Å²) in [5.74, 6) is -0.319. The van der Waals surface area contributed by atoms with Crippen LogP contribution in [0.15, 0.2) is 134 Å². The van der Waals surface area contributed by atoms with Gasteiger partial charge in [-0.3, -0.25) is 0 Å². The second-order valence-corrected chi connectivity index (χ2v) is 8.91. The fourth-order valence-electron chi connectivity index (χ4n) is 4.99. The third-order valence-electron chi connectivity index (χ3n) is 6.69. The molecule has 0 unspecified atom stereocenters. The summed E-state index contributed by atoms with van der Waals surface area (Å²) in [7, 11) is 0. The molecule has 6 rings (SSSR count). The van der Waals surface area contributed by atoms with Crippen molar-refractivity contribution in [2.75, 3.05) is 0 Å². The van der Waals surface area contributed by atoms with Gasteiger partial charge in [0.05, 0.1) is 17.1 Å². The highest BCUT2D eigenvalue weighted by Gasteiger charge is 2.21. The first-order valence-electron chi connectivity index (χ1n) is 12.1. The third-order valence-corrected chi connectivity index (χ3v) is 6.69. The molecule has 0 saturated carbocycles. The van der Waals surface area contributed by atoms with Gasteiger partial charge in [0.1, 0.15) is 6.61 Å². The smallest absolute Gasteiger partial charge is 0.339 e. The Morgan fingerprint density at radius 1 is 0.639 bits per heavy atom. The lowest BCUT2D eigenvalue weighted by Crippen LogP contribution is -2.12. The average molecular weight is 468 g/mol. The molecule has 0 aliphatic heterocycles. The fourth-order valence-corrected chi connectivity index (χ4v) is 4.99. The summed E-state index contributed by atoms with van der Waals surface area (Å²) >= 11 is 0. The van der Waals surface area contributed by atoms with Crippen molar-refractivity contribution in [1.82, 2.24) is 4.57 Å². The second kappa shape index (κ2) is 9.55. The van der Waals surface area contributed by atoms with Gasteiger partial charge in [-0.25, -0.2) is 4.79 Å². The van der Waals surface area contributed by atoms with Crippen LogP contribution in [0.2, 0.25) is 0 Å². The summed E-state index contributed by atoms with van der Waals surface area (Å²) in [4.78, 5) is 13.4. The number of rotatable bonds is 6. The lowest BCUT2D eigenvalue weighted by Gasteiger charge is -2.22. The van der Waals surface area contributed by atoms with Crippen LogP contribution in [-0.4, -0.2) is 10.5 Å². The molecule has 0 atom stereocenters. The number of ether oxygens (including phenoxy) is 1. The number of fused-ring (bicyclic) bond motifs is 3. The molecule has 0 aliphatic rings. The minimum absolute atomic E-state index is 0.0285. The van der Waals surface area contributed by atoms with Gasteiger partial charge in [0.2, 0.25) is 0 Å². The largest absolute Gasteiger partial charge is 0.457 e. The van der Waals surface area contributed by atoms with E-state index in [1.165, 1.54) is 11.1 Å². The van der Waals surface area contributed by atoms with Crippen molar-refractivity contribution < 1.29 is 9.53 Å². The van der Waals surface area contributed by atoms with Gasteiger partial charge in [0.15, 0.2) is 0 Å². The molecule has 0 N–H and O–H groups in total. The first kappa shape index (κ1) is 21.9. The van der Waals surface area contributed by atoms with E-state index < -0.39 is 0 Å². The predicted octanol–water partition coefficient (Wildman–Crippen LogP) is 7.79. The van der Waals surface area contributed by atoms with Gasteiger partial charge in [-0.1, -0.05) is 115 Å². The Bertz CT molecular complexity index is 1600. The Hall–Kier alpha value is -4.63. The molecule has 0 bridgehead atoms. The second-order valence-electron chi connectivity index (χ2n) is 8.91. The van der Waals surface area contributed by atoms with E-state index >= 15 is 0 Å². The number of aromatic nitrogens is 1. The van der Waals surface area contributed by atoms with Crippen LogP contribution in [-0.2, 0) is 11.3 Å². The molecule has 0 aliphatic carbocycles. The Morgan fingerprint density at radius 2 is 1.19 bits per heavy atom. The van der Waals surface area contributed by atoms with Crippen LogP contribution in [0.25, 0.3) is 21.7 Å². The molecule has 174 valence electrons. The molecule has 6 aromatic rings. The van der Waals surface area contributed by atoms with Crippen LogP contribution in [0.3, 0.4) is 0 Å². The normalized spacial score (nSPS) is 11.2. The van der Waals surface area contributed by atoms with Gasteiger partial charge in [0.25, 0.3) is 0 Å². The maximum atomic E-state index is 13.4. The predicted molar refractivity (Wildman–Crippen MR) is 145 cm³/mol. The number of hydrogen-bond donors (Lipinski definition) is 0. The maximum absolute atomic E-state index is 13.4. The molecule has 0 saturated heterocycles. The van der Waals surface area contributed by atoms with Crippen LogP contribution in [0.1, 0.15) is 33.1 Å². The van der Waals surface area contributed by atoms with Gasteiger partial charge in [0, 0.05) is 11.6 Å². The minimum atomic E-state index is -0.319. The molecule has 3 heteroatoms. The number of carbonyl (C=O) groups excluding carboxylic acids is 1. The molecule has 0 radical (unpaired) electrons. The Kier molecular flexibility index (Phi) is 5.80. The van der Waals surface area contributed by atoms with Crippen molar-refractivity contribution in [3.05, 3.63) is 156 Å². The van der Waals surface area contributed by atoms with Gasteiger partial charge in [-0.15, -0.1) is 0 Å². The van der Waals surface area contributed by atoms with Crippen molar-refractivity contribution in [2.45, 2.75) is 12.6 Å². The molecule has 1 heterocycles. The standard InChI is InChI=1S/C33H25NO2/c35-33(36-23-24-12-4-1-5-13-24)30-22-31-29(27-18-10-11-19-28(27)30)20-21-34(31)32(25-14-6-2-7-15-25)26-16-8-3-9-17-26/h1-22,32H,23H2. The summed E-state index contributed by atoms with van der Waals surface area (Å²) in [6.07, 6.45) is 2.13. The fraction of sp³-hybridized carbons (Fsp3) is 0.0606. The lowest BCUT2D eigenvalue weighted by atomic mass is 9.97. The van der Waals surface area contributed by atoms with Crippen LogP contribution < -0.4 is 0 Å². The molecule has 0 fully saturated rings. The molecule has 5 aromatic carbocycles. The molecule has 3 nitrogen and oxygen atoms in total. The van der Waals surface area contributed by atoms with Crippen LogP contribution in [0.5, 0.6) is 0 Å². The Morgan fingerprint density at radius 3 is 1.83 bits per heavy atom. The molecular weight excluding hydrogens is 442 g/mol. The monoisotopic (exact) mass is 467 g/mol. The van der Waals surface area contributed by atoms with E-state index in [0.717, 1.165) is 27.2 Å². The topological polar surface area (TPSA) is 31.2 Å². The zero-order chi connectivity index (χ0) is 24.3. The van der Waals surface area contributed by atoms with E-state index in [9.17, 15) is 4.79 Å². The minimum Gasteiger partial charge on any atom is -0.457 e. The molecule has 1 aromatic heterocycles. The van der Waals surface area contributed by atoms with E-state index in [2.05, 4.69) is 71.4 Å². The molecule has 36 heavy (non-hydrogen) atoms. The van der Waals surface area contributed by atoms with Crippen molar-refractivity contribution in [1.29, 1.82) is 0 Å². The number of esters is 1.